The summed E-state index contributed by atoms with van der Waals surface area (Å²) in [4.78, 5) is 0.219. The molecule has 1 nitrogen and oxygen atoms in total. The highest BCUT2D eigenvalue weighted by Crippen LogP contribution is 2.33. The largest absolute Gasteiger partial charge is 0.469 e. The van der Waals surface area contributed by atoms with Crippen LogP contribution in [0.15, 0.2) is 41.0 Å². The Hall–Kier alpha value is -1.02. The van der Waals surface area contributed by atoms with E-state index in [4.69, 9.17) is 4.42 Å². The number of alkyl halides is 1. The van der Waals surface area contributed by atoms with Gasteiger partial charge in [-0.1, -0.05) is 53.5 Å². The first-order valence-electron chi connectivity index (χ1n) is 6.49. The van der Waals surface area contributed by atoms with Gasteiger partial charge in [0.25, 0.3) is 0 Å². The van der Waals surface area contributed by atoms with Crippen LogP contribution >= 0.6 is 15.9 Å². The van der Waals surface area contributed by atoms with Gasteiger partial charge in [0.2, 0.25) is 0 Å². The van der Waals surface area contributed by atoms with Crippen LogP contribution in [0.3, 0.4) is 0 Å². The quantitative estimate of drug-likeness (QED) is 0.673. The van der Waals surface area contributed by atoms with Crippen LogP contribution in [0.4, 0.5) is 0 Å². The second kappa shape index (κ2) is 6.24. The van der Waals surface area contributed by atoms with E-state index in [0.717, 1.165) is 5.76 Å². The van der Waals surface area contributed by atoms with Crippen LogP contribution in [0.1, 0.15) is 47.0 Å². The maximum Gasteiger partial charge on any atom is 0.105 e. The minimum atomic E-state index is 0.219. The highest BCUT2D eigenvalue weighted by Gasteiger charge is 2.14. The molecule has 0 saturated carbocycles. The first kappa shape index (κ1) is 13.4. The molecule has 1 heterocycles. The molecule has 0 fully saturated rings. The molecule has 0 N–H and O–H groups in total. The molecule has 2 heteroatoms. The van der Waals surface area contributed by atoms with Gasteiger partial charge >= 0.3 is 0 Å². The van der Waals surface area contributed by atoms with E-state index in [9.17, 15) is 0 Å². The molecule has 0 aliphatic rings. The molecule has 2 aromatic rings. The summed E-state index contributed by atoms with van der Waals surface area (Å²) in [5.74, 6) is 0.979. The fraction of sp³-hybridized carbons (Fsp3) is 0.375. The van der Waals surface area contributed by atoms with Crippen molar-refractivity contribution in [2.45, 2.75) is 37.9 Å². The molecule has 1 aromatic heterocycles. The number of aryl methyl sites for hydroxylation is 2. The Bertz CT molecular complexity index is 484. The Morgan fingerprint density at radius 1 is 1.17 bits per heavy atom. The van der Waals surface area contributed by atoms with E-state index in [1.807, 2.05) is 13.0 Å². The molecular weight excluding hydrogens is 288 g/mol. The first-order valence-corrected chi connectivity index (χ1v) is 7.41. The van der Waals surface area contributed by atoms with E-state index in [1.54, 1.807) is 6.26 Å². The number of halogens is 1. The number of hydrogen-bond acceptors (Lipinski definition) is 1. The summed E-state index contributed by atoms with van der Waals surface area (Å²) in [6, 6.07) is 10.9. The van der Waals surface area contributed by atoms with Crippen molar-refractivity contribution in [3.8, 4) is 0 Å². The standard InChI is InChI=1S/C16H19BrO/c1-3-4-5-13-6-8-14(9-7-13)16(17)15-10-11-18-12(15)2/h6-11,16H,3-5H2,1-2H3. The number of rotatable bonds is 5. The van der Waals surface area contributed by atoms with Crippen molar-refractivity contribution in [3.05, 3.63) is 59.0 Å². The highest BCUT2D eigenvalue weighted by molar-refractivity contribution is 9.09. The van der Waals surface area contributed by atoms with Gasteiger partial charge in [-0.25, -0.2) is 0 Å². The van der Waals surface area contributed by atoms with E-state index in [0.29, 0.717) is 0 Å². The lowest BCUT2D eigenvalue weighted by Crippen LogP contribution is -1.93. The Labute approximate surface area is 117 Å². The lowest BCUT2D eigenvalue weighted by molar-refractivity contribution is 0.530. The second-order valence-electron chi connectivity index (χ2n) is 4.64. The van der Waals surface area contributed by atoms with Gasteiger partial charge in [0.1, 0.15) is 5.76 Å². The molecule has 0 saturated heterocycles. The summed E-state index contributed by atoms with van der Waals surface area (Å²) in [6.07, 6.45) is 5.43. The molecule has 1 aromatic carbocycles. The zero-order valence-electron chi connectivity index (χ0n) is 10.9. The molecule has 1 unspecified atom stereocenters. The summed E-state index contributed by atoms with van der Waals surface area (Å²) in [6.45, 7) is 4.23. The molecule has 0 amide bonds. The molecular formula is C16H19BrO. The monoisotopic (exact) mass is 306 g/mol. The summed E-state index contributed by atoms with van der Waals surface area (Å²) < 4.78 is 5.35. The third kappa shape index (κ3) is 3.05. The zero-order chi connectivity index (χ0) is 13.0. The van der Waals surface area contributed by atoms with Gasteiger partial charge in [0.05, 0.1) is 11.1 Å². The van der Waals surface area contributed by atoms with Crippen LogP contribution in [0.2, 0.25) is 0 Å². The fourth-order valence-electron chi connectivity index (χ4n) is 2.07. The van der Waals surface area contributed by atoms with Crippen molar-refractivity contribution < 1.29 is 4.42 Å². The molecule has 0 spiro atoms. The highest BCUT2D eigenvalue weighted by atomic mass is 79.9. The predicted octanol–water partition coefficient (Wildman–Crippen LogP) is 5.41. The van der Waals surface area contributed by atoms with Crippen LogP contribution in [-0.4, -0.2) is 0 Å². The Morgan fingerprint density at radius 2 is 1.89 bits per heavy atom. The van der Waals surface area contributed by atoms with E-state index >= 15 is 0 Å². The SMILES string of the molecule is CCCCc1ccc(C(Br)c2ccoc2C)cc1. The molecule has 0 radical (unpaired) electrons. The molecule has 0 bridgehead atoms. The molecule has 0 aliphatic carbocycles. The lowest BCUT2D eigenvalue weighted by Gasteiger charge is -2.10. The van der Waals surface area contributed by atoms with Crippen molar-refractivity contribution in [2.75, 3.05) is 0 Å². The Balaban J connectivity index is 2.12. The average molecular weight is 307 g/mol. The van der Waals surface area contributed by atoms with Crippen molar-refractivity contribution in [1.29, 1.82) is 0 Å². The van der Waals surface area contributed by atoms with Crippen LogP contribution in [0.5, 0.6) is 0 Å². The van der Waals surface area contributed by atoms with Crippen LogP contribution in [-0.2, 0) is 6.42 Å². The van der Waals surface area contributed by atoms with E-state index in [-0.39, 0.29) is 4.83 Å². The molecule has 0 aliphatic heterocycles. The summed E-state index contributed by atoms with van der Waals surface area (Å²) in [7, 11) is 0. The van der Waals surface area contributed by atoms with Crippen molar-refractivity contribution in [1.82, 2.24) is 0 Å². The Kier molecular flexibility index (Phi) is 4.65. The maximum absolute atomic E-state index is 5.35. The number of furan rings is 1. The minimum absolute atomic E-state index is 0.219. The van der Waals surface area contributed by atoms with Gasteiger partial charge < -0.3 is 4.42 Å². The third-order valence-corrected chi connectivity index (χ3v) is 4.29. The summed E-state index contributed by atoms with van der Waals surface area (Å²) >= 11 is 3.74. The third-order valence-electron chi connectivity index (χ3n) is 3.26. The number of benzene rings is 1. The summed E-state index contributed by atoms with van der Waals surface area (Å²) in [5.41, 5.74) is 3.90. The molecule has 96 valence electrons. The molecule has 2 rings (SSSR count). The van der Waals surface area contributed by atoms with Crippen LogP contribution in [0.25, 0.3) is 0 Å². The van der Waals surface area contributed by atoms with Gasteiger partial charge in [0, 0.05) is 5.56 Å². The predicted molar refractivity (Wildman–Crippen MR) is 79.3 cm³/mol. The van der Waals surface area contributed by atoms with Crippen LogP contribution < -0.4 is 0 Å². The second-order valence-corrected chi connectivity index (χ2v) is 5.56. The van der Waals surface area contributed by atoms with E-state index < -0.39 is 0 Å². The number of unbranched alkanes of at least 4 members (excludes halogenated alkanes) is 1. The summed E-state index contributed by atoms with van der Waals surface area (Å²) in [5, 5.41) is 0. The van der Waals surface area contributed by atoms with Gasteiger partial charge in [0.15, 0.2) is 0 Å². The van der Waals surface area contributed by atoms with Gasteiger partial charge in [-0.15, -0.1) is 0 Å². The smallest absolute Gasteiger partial charge is 0.105 e. The van der Waals surface area contributed by atoms with E-state index in [1.165, 1.54) is 36.0 Å². The molecule has 1 atom stereocenters. The molecule has 18 heavy (non-hydrogen) atoms. The topological polar surface area (TPSA) is 13.1 Å². The number of hydrogen-bond donors (Lipinski definition) is 0. The van der Waals surface area contributed by atoms with Crippen molar-refractivity contribution >= 4 is 15.9 Å². The Morgan fingerprint density at radius 3 is 2.44 bits per heavy atom. The van der Waals surface area contributed by atoms with Crippen molar-refractivity contribution in [3.63, 3.8) is 0 Å². The van der Waals surface area contributed by atoms with Crippen molar-refractivity contribution in [2.24, 2.45) is 0 Å². The normalized spacial score (nSPS) is 12.6. The van der Waals surface area contributed by atoms with Gasteiger partial charge in [-0.2, -0.15) is 0 Å². The maximum atomic E-state index is 5.35. The average Bonchev–Trinajstić information content (AvgIpc) is 2.82. The van der Waals surface area contributed by atoms with Gasteiger partial charge in [-0.3, -0.25) is 0 Å². The zero-order valence-corrected chi connectivity index (χ0v) is 12.5. The van der Waals surface area contributed by atoms with E-state index in [2.05, 4.69) is 47.1 Å². The fourth-order valence-corrected chi connectivity index (χ4v) is 2.85. The minimum Gasteiger partial charge on any atom is -0.469 e. The van der Waals surface area contributed by atoms with Crippen LogP contribution in [0, 0.1) is 6.92 Å². The van der Waals surface area contributed by atoms with Gasteiger partial charge in [-0.05, 0) is 37.0 Å². The first-order chi connectivity index (χ1) is 8.72. The lowest BCUT2D eigenvalue weighted by atomic mass is 10.0.